The van der Waals surface area contributed by atoms with E-state index in [4.69, 9.17) is 9.47 Å². The molecule has 0 fully saturated rings. The lowest BCUT2D eigenvalue weighted by Crippen LogP contribution is -2.34. The van der Waals surface area contributed by atoms with Crippen molar-refractivity contribution in [3.05, 3.63) is 53.9 Å². The van der Waals surface area contributed by atoms with E-state index in [1.165, 1.54) is 6.20 Å². The van der Waals surface area contributed by atoms with Crippen molar-refractivity contribution in [1.82, 2.24) is 15.6 Å². The van der Waals surface area contributed by atoms with Gasteiger partial charge in [-0.15, -0.1) is 0 Å². The molecule has 7 nitrogen and oxygen atoms in total. The Morgan fingerprint density at radius 1 is 1.00 bits per heavy atom. The highest BCUT2D eigenvalue weighted by Gasteiger charge is 2.15. The van der Waals surface area contributed by atoms with E-state index >= 15 is 0 Å². The van der Waals surface area contributed by atoms with Crippen LogP contribution in [-0.2, 0) is 0 Å². The van der Waals surface area contributed by atoms with Gasteiger partial charge < -0.3 is 20.1 Å². The van der Waals surface area contributed by atoms with E-state index in [1.807, 2.05) is 0 Å². The summed E-state index contributed by atoms with van der Waals surface area (Å²) < 4.78 is 10.4. The monoisotopic (exact) mass is 313 g/mol. The van der Waals surface area contributed by atoms with Crippen LogP contribution in [0.4, 0.5) is 0 Å². The molecule has 0 unspecified atom stereocenters. The van der Waals surface area contributed by atoms with Gasteiger partial charge in [-0.1, -0.05) is 0 Å². The quantitative estimate of drug-likeness (QED) is 0.803. The van der Waals surface area contributed by atoms with Gasteiger partial charge in [-0.3, -0.25) is 14.6 Å². The summed E-state index contributed by atoms with van der Waals surface area (Å²) in [5, 5.41) is 5.44. The predicted octanol–water partition coefficient (Wildman–Crippen LogP) is 0.970. The van der Waals surface area contributed by atoms with E-state index < -0.39 is 0 Å². The van der Waals surface area contributed by atoms with Crippen LogP contribution < -0.4 is 20.1 Å². The number of ether oxygens (including phenoxy) is 2. The highest BCUT2D eigenvalue weighted by atomic mass is 16.7. The van der Waals surface area contributed by atoms with Gasteiger partial charge in [0.2, 0.25) is 6.79 Å². The van der Waals surface area contributed by atoms with Crippen LogP contribution >= 0.6 is 0 Å². The molecule has 2 heterocycles. The molecule has 1 aliphatic heterocycles. The molecule has 2 amide bonds. The van der Waals surface area contributed by atoms with Gasteiger partial charge in [-0.05, 0) is 30.3 Å². The van der Waals surface area contributed by atoms with Gasteiger partial charge in [-0.2, -0.15) is 0 Å². The Balaban J connectivity index is 1.45. The number of carbonyl (C=O) groups is 2. The van der Waals surface area contributed by atoms with Gasteiger partial charge >= 0.3 is 0 Å². The summed E-state index contributed by atoms with van der Waals surface area (Å²) in [6, 6.07) is 8.36. The van der Waals surface area contributed by atoms with Crippen LogP contribution in [0, 0.1) is 0 Å². The molecule has 2 N–H and O–H groups in total. The van der Waals surface area contributed by atoms with Crippen molar-refractivity contribution in [3.8, 4) is 11.5 Å². The third kappa shape index (κ3) is 3.57. The van der Waals surface area contributed by atoms with Crippen LogP contribution in [0.1, 0.15) is 20.7 Å². The Kier molecular flexibility index (Phi) is 4.37. The third-order valence-corrected chi connectivity index (χ3v) is 3.25. The first-order valence-electron chi connectivity index (χ1n) is 7.10. The predicted molar refractivity (Wildman–Crippen MR) is 81.5 cm³/mol. The van der Waals surface area contributed by atoms with Crippen molar-refractivity contribution < 1.29 is 19.1 Å². The first kappa shape index (κ1) is 14.8. The number of nitrogens with one attached hydrogen (secondary N) is 2. The fraction of sp³-hybridized carbons (Fsp3) is 0.188. The lowest BCUT2D eigenvalue weighted by molar-refractivity contribution is 0.0927. The topological polar surface area (TPSA) is 89.6 Å². The van der Waals surface area contributed by atoms with Crippen LogP contribution in [-0.4, -0.2) is 36.7 Å². The minimum absolute atomic E-state index is 0.167. The van der Waals surface area contributed by atoms with E-state index in [0.717, 1.165) is 0 Å². The molecule has 2 aromatic rings. The number of amides is 2. The molecule has 7 heteroatoms. The van der Waals surface area contributed by atoms with Crippen LogP contribution in [0.3, 0.4) is 0 Å². The van der Waals surface area contributed by atoms with Crippen LogP contribution in [0.5, 0.6) is 11.5 Å². The van der Waals surface area contributed by atoms with Crippen molar-refractivity contribution in [1.29, 1.82) is 0 Å². The molecule has 3 rings (SSSR count). The zero-order chi connectivity index (χ0) is 16.1. The molecule has 0 atom stereocenters. The second kappa shape index (κ2) is 6.78. The number of nitrogens with zero attached hydrogens (tertiary/aromatic N) is 1. The molecule has 1 aromatic heterocycles. The van der Waals surface area contributed by atoms with Crippen LogP contribution in [0.25, 0.3) is 0 Å². The molecule has 0 spiro atoms. The summed E-state index contributed by atoms with van der Waals surface area (Å²) >= 11 is 0. The Morgan fingerprint density at radius 2 is 1.74 bits per heavy atom. The van der Waals surface area contributed by atoms with Gasteiger partial charge in [0.1, 0.15) is 0 Å². The molecule has 1 aromatic carbocycles. The molecule has 23 heavy (non-hydrogen) atoms. The molecular formula is C16H15N3O4. The second-order valence-corrected chi connectivity index (χ2v) is 4.82. The molecule has 118 valence electrons. The fourth-order valence-electron chi connectivity index (χ4n) is 2.09. The number of aromatic nitrogens is 1. The second-order valence-electron chi connectivity index (χ2n) is 4.82. The van der Waals surface area contributed by atoms with Gasteiger partial charge in [0, 0.05) is 31.0 Å². The first-order valence-corrected chi connectivity index (χ1v) is 7.10. The highest BCUT2D eigenvalue weighted by Crippen LogP contribution is 2.32. The largest absolute Gasteiger partial charge is 0.454 e. The summed E-state index contributed by atoms with van der Waals surface area (Å²) in [6.45, 7) is 0.810. The number of rotatable bonds is 5. The van der Waals surface area contributed by atoms with E-state index in [2.05, 4.69) is 15.6 Å². The Morgan fingerprint density at radius 3 is 2.48 bits per heavy atom. The smallest absolute Gasteiger partial charge is 0.252 e. The number of fused-ring (bicyclic) bond motifs is 1. The van der Waals surface area contributed by atoms with Gasteiger partial charge in [0.05, 0.1) is 5.56 Å². The zero-order valence-corrected chi connectivity index (χ0v) is 12.2. The molecule has 1 aliphatic rings. The van der Waals surface area contributed by atoms with Gasteiger partial charge in [0.25, 0.3) is 11.8 Å². The van der Waals surface area contributed by atoms with Gasteiger partial charge in [0.15, 0.2) is 11.5 Å². The summed E-state index contributed by atoms with van der Waals surface area (Å²) in [4.78, 5) is 27.7. The lowest BCUT2D eigenvalue weighted by atomic mass is 10.2. The number of hydrogen-bond acceptors (Lipinski definition) is 5. The van der Waals surface area contributed by atoms with E-state index in [0.29, 0.717) is 35.7 Å². The molecule has 0 aliphatic carbocycles. The summed E-state index contributed by atoms with van der Waals surface area (Å²) in [6.07, 6.45) is 3.09. The molecular weight excluding hydrogens is 298 g/mol. The number of hydrogen-bond donors (Lipinski definition) is 2. The SMILES string of the molecule is O=C(NCCNC(=O)c1ccc2c(c1)OCO2)c1cccnc1. The molecule has 0 saturated heterocycles. The van der Waals surface area contributed by atoms with E-state index in [9.17, 15) is 9.59 Å². The average molecular weight is 313 g/mol. The molecule has 0 radical (unpaired) electrons. The third-order valence-electron chi connectivity index (χ3n) is 3.25. The maximum absolute atomic E-state index is 12.0. The molecule has 0 bridgehead atoms. The number of pyridine rings is 1. The first-order chi connectivity index (χ1) is 11.2. The summed E-state index contributed by atoms with van der Waals surface area (Å²) in [7, 11) is 0. The summed E-state index contributed by atoms with van der Waals surface area (Å²) in [5.41, 5.74) is 0.961. The van der Waals surface area contributed by atoms with Crippen LogP contribution in [0.2, 0.25) is 0 Å². The van der Waals surface area contributed by atoms with Crippen molar-refractivity contribution in [2.75, 3.05) is 19.9 Å². The van der Waals surface area contributed by atoms with Crippen molar-refractivity contribution in [2.45, 2.75) is 0 Å². The van der Waals surface area contributed by atoms with Crippen LogP contribution in [0.15, 0.2) is 42.7 Å². The van der Waals surface area contributed by atoms with Crippen molar-refractivity contribution in [3.63, 3.8) is 0 Å². The maximum Gasteiger partial charge on any atom is 0.252 e. The number of carbonyl (C=O) groups excluding carboxylic acids is 2. The summed E-state index contributed by atoms with van der Waals surface area (Å²) in [5.74, 6) is 0.724. The maximum atomic E-state index is 12.0. The van der Waals surface area contributed by atoms with E-state index in [-0.39, 0.29) is 18.6 Å². The average Bonchev–Trinajstić information content (AvgIpc) is 3.06. The highest BCUT2D eigenvalue weighted by molar-refractivity contribution is 5.95. The Labute approximate surface area is 132 Å². The standard InChI is InChI=1S/C16H15N3O4/c20-15(11-3-4-13-14(8-11)23-10-22-13)18-6-7-19-16(21)12-2-1-5-17-9-12/h1-5,8-9H,6-7,10H2,(H,18,20)(H,19,21). The minimum Gasteiger partial charge on any atom is -0.454 e. The van der Waals surface area contributed by atoms with Gasteiger partial charge in [-0.25, -0.2) is 0 Å². The Bertz CT molecular complexity index is 719. The lowest BCUT2D eigenvalue weighted by Gasteiger charge is -2.07. The zero-order valence-electron chi connectivity index (χ0n) is 12.2. The molecule has 0 saturated carbocycles. The van der Waals surface area contributed by atoms with Crippen molar-refractivity contribution >= 4 is 11.8 Å². The Hall–Kier alpha value is -3.09. The normalized spacial score (nSPS) is 11.8. The van der Waals surface area contributed by atoms with Crippen molar-refractivity contribution in [2.24, 2.45) is 0 Å². The van der Waals surface area contributed by atoms with E-state index in [1.54, 1.807) is 36.5 Å². The minimum atomic E-state index is -0.237. The number of benzene rings is 1. The fourth-order valence-corrected chi connectivity index (χ4v) is 2.09.